The van der Waals surface area contributed by atoms with Gasteiger partial charge in [0, 0.05) is 24.4 Å². The molecule has 0 saturated heterocycles. The molecule has 1 aliphatic carbocycles. The predicted molar refractivity (Wildman–Crippen MR) is 77.3 cm³/mol. The number of rotatable bonds is 4. The van der Waals surface area contributed by atoms with Crippen molar-refractivity contribution in [1.29, 1.82) is 0 Å². The predicted octanol–water partition coefficient (Wildman–Crippen LogP) is 2.63. The SMILES string of the molecule is COCc1nc(C2Cc3ccccc3C2)sc1CN. The summed E-state index contributed by atoms with van der Waals surface area (Å²) in [5.74, 6) is 0.512. The summed E-state index contributed by atoms with van der Waals surface area (Å²) in [6.45, 7) is 1.11. The van der Waals surface area contributed by atoms with Crippen molar-refractivity contribution in [3.63, 3.8) is 0 Å². The summed E-state index contributed by atoms with van der Waals surface area (Å²) in [6, 6.07) is 8.68. The number of hydrogen-bond donors (Lipinski definition) is 1. The van der Waals surface area contributed by atoms with Crippen molar-refractivity contribution in [3.8, 4) is 0 Å². The average molecular weight is 274 g/mol. The van der Waals surface area contributed by atoms with Crippen LogP contribution < -0.4 is 5.73 Å². The summed E-state index contributed by atoms with van der Waals surface area (Å²) < 4.78 is 5.20. The molecule has 0 amide bonds. The Labute approximate surface area is 117 Å². The monoisotopic (exact) mass is 274 g/mol. The molecule has 2 aromatic rings. The Hall–Kier alpha value is -1.23. The van der Waals surface area contributed by atoms with Gasteiger partial charge in [-0.1, -0.05) is 24.3 Å². The topological polar surface area (TPSA) is 48.1 Å². The zero-order valence-electron chi connectivity index (χ0n) is 11.1. The Kier molecular flexibility index (Phi) is 3.64. The maximum atomic E-state index is 5.79. The third-order valence-electron chi connectivity index (χ3n) is 3.66. The fourth-order valence-corrected chi connectivity index (χ4v) is 3.77. The summed E-state index contributed by atoms with van der Waals surface area (Å²) >= 11 is 1.75. The lowest BCUT2D eigenvalue weighted by atomic mass is 10.1. The highest BCUT2D eigenvalue weighted by molar-refractivity contribution is 7.11. The van der Waals surface area contributed by atoms with Crippen molar-refractivity contribution < 1.29 is 4.74 Å². The number of nitrogens with two attached hydrogens (primary N) is 1. The quantitative estimate of drug-likeness (QED) is 0.932. The zero-order valence-corrected chi connectivity index (χ0v) is 11.9. The van der Waals surface area contributed by atoms with Crippen LogP contribution in [0.4, 0.5) is 0 Å². The largest absolute Gasteiger partial charge is 0.378 e. The minimum Gasteiger partial charge on any atom is -0.378 e. The molecular formula is C15H18N2OS. The number of fused-ring (bicyclic) bond motifs is 1. The van der Waals surface area contributed by atoms with Crippen molar-refractivity contribution in [3.05, 3.63) is 51.0 Å². The van der Waals surface area contributed by atoms with Crippen LogP contribution in [0, 0.1) is 0 Å². The van der Waals surface area contributed by atoms with E-state index in [2.05, 4.69) is 24.3 Å². The molecule has 3 rings (SSSR count). The Balaban J connectivity index is 1.85. The first-order chi connectivity index (χ1) is 9.31. The van der Waals surface area contributed by atoms with Gasteiger partial charge in [-0.3, -0.25) is 0 Å². The van der Waals surface area contributed by atoms with E-state index < -0.39 is 0 Å². The smallest absolute Gasteiger partial charge is 0.0970 e. The highest BCUT2D eigenvalue weighted by atomic mass is 32.1. The molecular weight excluding hydrogens is 256 g/mol. The van der Waals surface area contributed by atoms with Crippen LogP contribution in [0.25, 0.3) is 0 Å². The summed E-state index contributed by atoms with van der Waals surface area (Å²) in [5.41, 5.74) is 9.73. The first-order valence-electron chi connectivity index (χ1n) is 6.56. The molecule has 0 saturated carbocycles. The van der Waals surface area contributed by atoms with Gasteiger partial charge >= 0.3 is 0 Å². The van der Waals surface area contributed by atoms with E-state index in [1.54, 1.807) is 18.4 Å². The number of hydrogen-bond acceptors (Lipinski definition) is 4. The molecule has 1 aromatic carbocycles. The van der Waals surface area contributed by atoms with Crippen molar-refractivity contribution in [2.24, 2.45) is 5.73 Å². The molecule has 0 atom stereocenters. The maximum Gasteiger partial charge on any atom is 0.0970 e. The first kappa shape index (κ1) is 12.8. The van der Waals surface area contributed by atoms with E-state index >= 15 is 0 Å². The summed E-state index contributed by atoms with van der Waals surface area (Å²) in [4.78, 5) is 5.91. The molecule has 3 nitrogen and oxygen atoms in total. The average Bonchev–Trinajstić information content (AvgIpc) is 3.02. The second kappa shape index (κ2) is 5.41. The molecule has 0 spiro atoms. The van der Waals surface area contributed by atoms with Crippen LogP contribution in [0.1, 0.15) is 32.6 Å². The highest BCUT2D eigenvalue weighted by Gasteiger charge is 2.26. The van der Waals surface area contributed by atoms with Gasteiger partial charge in [0.1, 0.15) is 0 Å². The van der Waals surface area contributed by atoms with Crippen LogP contribution >= 0.6 is 11.3 Å². The van der Waals surface area contributed by atoms with Gasteiger partial charge in [-0.25, -0.2) is 4.98 Å². The molecule has 100 valence electrons. The summed E-state index contributed by atoms with van der Waals surface area (Å²) in [6.07, 6.45) is 2.19. The second-order valence-corrected chi connectivity index (χ2v) is 6.05. The summed E-state index contributed by atoms with van der Waals surface area (Å²) in [5, 5.41) is 1.21. The molecule has 1 aromatic heterocycles. The van der Waals surface area contributed by atoms with Crippen LogP contribution in [0.2, 0.25) is 0 Å². The lowest BCUT2D eigenvalue weighted by molar-refractivity contribution is 0.181. The fourth-order valence-electron chi connectivity index (χ4n) is 2.72. The third-order valence-corrected chi connectivity index (χ3v) is 4.94. The van der Waals surface area contributed by atoms with E-state index in [4.69, 9.17) is 15.5 Å². The molecule has 2 N–H and O–H groups in total. The second-order valence-electron chi connectivity index (χ2n) is 4.93. The Bertz CT molecular complexity index is 554. The molecule has 0 fully saturated rings. The van der Waals surface area contributed by atoms with Gasteiger partial charge in [-0.2, -0.15) is 0 Å². The maximum absolute atomic E-state index is 5.79. The minimum absolute atomic E-state index is 0.512. The number of benzene rings is 1. The molecule has 0 bridgehead atoms. The molecule has 0 radical (unpaired) electrons. The molecule has 4 heteroatoms. The van der Waals surface area contributed by atoms with Crippen LogP contribution in [-0.4, -0.2) is 12.1 Å². The van der Waals surface area contributed by atoms with Crippen LogP contribution in [0.3, 0.4) is 0 Å². The van der Waals surface area contributed by atoms with Gasteiger partial charge in [0.05, 0.1) is 17.3 Å². The van der Waals surface area contributed by atoms with Crippen molar-refractivity contribution in [2.45, 2.75) is 31.9 Å². The van der Waals surface area contributed by atoms with E-state index in [1.807, 2.05) is 0 Å². The van der Waals surface area contributed by atoms with Crippen molar-refractivity contribution >= 4 is 11.3 Å². The van der Waals surface area contributed by atoms with Crippen LogP contribution in [-0.2, 0) is 30.7 Å². The number of aromatic nitrogens is 1. The van der Waals surface area contributed by atoms with Gasteiger partial charge in [0.15, 0.2) is 0 Å². The highest BCUT2D eigenvalue weighted by Crippen LogP contribution is 2.36. The van der Waals surface area contributed by atoms with Gasteiger partial charge in [0.2, 0.25) is 0 Å². The van der Waals surface area contributed by atoms with Gasteiger partial charge < -0.3 is 10.5 Å². The van der Waals surface area contributed by atoms with Gasteiger partial charge in [-0.05, 0) is 24.0 Å². The van der Waals surface area contributed by atoms with E-state index in [-0.39, 0.29) is 0 Å². The lowest BCUT2D eigenvalue weighted by Gasteiger charge is -2.03. The normalized spacial score (nSPS) is 14.8. The standard InChI is InChI=1S/C15H18N2OS/c1-18-9-13-14(8-16)19-15(17-13)12-6-10-4-2-3-5-11(10)7-12/h2-5,12H,6-9,16H2,1H3. The van der Waals surface area contributed by atoms with E-state index in [1.165, 1.54) is 16.1 Å². The van der Waals surface area contributed by atoms with E-state index in [0.717, 1.165) is 23.4 Å². The Morgan fingerprint density at radius 3 is 2.58 bits per heavy atom. The Morgan fingerprint density at radius 1 is 1.32 bits per heavy atom. The first-order valence-corrected chi connectivity index (χ1v) is 7.37. The fraction of sp³-hybridized carbons (Fsp3) is 0.400. The number of thiazole rings is 1. The number of nitrogens with zero attached hydrogens (tertiary/aromatic N) is 1. The molecule has 0 unspecified atom stereocenters. The van der Waals surface area contributed by atoms with Crippen molar-refractivity contribution in [2.75, 3.05) is 7.11 Å². The van der Waals surface area contributed by atoms with Gasteiger partial charge in [0.25, 0.3) is 0 Å². The van der Waals surface area contributed by atoms with Gasteiger partial charge in [-0.15, -0.1) is 11.3 Å². The summed E-state index contributed by atoms with van der Waals surface area (Å²) in [7, 11) is 1.70. The van der Waals surface area contributed by atoms with E-state index in [9.17, 15) is 0 Å². The lowest BCUT2D eigenvalue weighted by Crippen LogP contribution is -2.00. The number of methoxy groups -OCH3 is 1. The van der Waals surface area contributed by atoms with Crippen LogP contribution in [0.5, 0.6) is 0 Å². The zero-order chi connectivity index (χ0) is 13.2. The molecule has 1 heterocycles. The third kappa shape index (κ3) is 2.43. The minimum atomic E-state index is 0.512. The number of ether oxygens (including phenoxy) is 1. The van der Waals surface area contributed by atoms with E-state index in [0.29, 0.717) is 19.1 Å². The Morgan fingerprint density at radius 2 is 2.00 bits per heavy atom. The van der Waals surface area contributed by atoms with Crippen LogP contribution in [0.15, 0.2) is 24.3 Å². The molecule has 1 aliphatic rings. The van der Waals surface area contributed by atoms with Crippen molar-refractivity contribution in [1.82, 2.24) is 4.98 Å². The molecule has 19 heavy (non-hydrogen) atoms. The molecule has 0 aliphatic heterocycles.